The van der Waals surface area contributed by atoms with Crippen LogP contribution in [0.5, 0.6) is 5.75 Å². The number of carbonyl (C=O) groups excluding carboxylic acids is 4. The number of imide groups is 2. The van der Waals surface area contributed by atoms with Gasteiger partial charge < -0.3 is 9.84 Å². The van der Waals surface area contributed by atoms with Crippen molar-refractivity contribution < 1.29 is 34.2 Å². The molecule has 9 nitrogen and oxygen atoms in total. The van der Waals surface area contributed by atoms with Crippen molar-refractivity contribution in [3.05, 3.63) is 41.5 Å². The second-order valence-corrected chi connectivity index (χ2v) is 10.3. The first-order chi connectivity index (χ1) is 16.1. The molecule has 1 aromatic rings. The molecule has 2 aliphatic carbocycles. The summed E-state index contributed by atoms with van der Waals surface area (Å²) in [4.78, 5) is 49.2. The Labute approximate surface area is 204 Å². The molecule has 0 aromatic heterocycles. The third-order valence-corrected chi connectivity index (χ3v) is 8.98. The van der Waals surface area contributed by atoms with E-state index in [2.05, 4.69) is 0 Å². The lowest BCUT2D eigenvalue weighted by Gasteiger charge is -2.50. The summed E-state index contributed by atoms with van der Waals surface area (Å²) in [5.41, 5.74) is 1.07. The molecule has 4 aliphatic rings. The molecule has 3 fully saturated rings. The quantitative estimate of drug-likeness (QED) is 0.272. The van der Waals surface area contributed by atoms with Crippen LogP contribution in [0.3, 0.4) is 0 Å². The minimum absolute atomic E-state index is 0.0164. The molecule has 180 valence electrons. The predicted octanol–water partition coefficient (Wildman–Crippen LogP) is 1.44. The number of ether oxygens (including phenoxy) is 1. The van der Waals surface area contributed by atoms with Crippen molar-refractivity contribution in [3.8, 4) is 5.75 Å². The van der Waals surface area contributed by atoms with Gasteiger partial charge in [0.05, 0.1) is 18.4 Å². The number of alkyl halides is 2. The molecule has 0 spiro atoms. The highest BCUT2D eigenvalue weighted by Gasteiger charge is 2.76. The number of halogens is 2. The van der Waals surface area contributed by atoms with Crippen LogP contribution >= 0.6 is 23.2 Å². The molecule has 11 heteroatoms. The van der Waals surface area contributed by atoms with Crippen molar-refractivity contribution in [1.29, 1.82) is 0 Å². The van der Waals surface area contributed by atoms with Crippen LogP contribution < -0.4 is 4.74 Å². The van der Waals surface area contributed by atoms with Crippen LogP contribution in [0.1, 0.15) is 24.3 Å². The third kappa shape index (κ3) is 2.75. The van der Waals surface area contributed by atoms with Gasteiger partial charge >= 0.3 is 0 Å². The van der Waals surface area contributed by atoms with Gasteiger partial charge in [-0.05, 0) is 24.8 Å². The van der Waals surface area contributed by atoms with Crippen LogP contribution in [0.4, 0.5) is 0 Å². The maximum absolute atomic E-state index is 13.5. The van der Waals surface area contributed by atoms with Crippen LogP contribution in [0, 0.1) is 17.8 Å². The van der Waals surface area contributed by atoms with E-state index in [0.717, 1.165) is 4.90 Å². The zero-order chi connectivity index (χ0) is 24.6. The molecule has 0 bridgehead atoms. The van der Waals surface area contributed by atoms with Gasteiger partial charge in [0.15, 0.2) is 9.75 Å². The first kappa shape index (κ1) is 23.3. The first-order valence-electron chi connectivity index (χ1n) is 10.9. The molecule has 0 unspecified atom stereocenters. The first-order valence-corrected chi connectivity index (χ1v) is 11.6. The van der Waals surface area contributed by atoms with Gasteiger partial charge in [-0.3, -0.25) is 29.3 Å². The van der Waals surface area contributed by atoms with E-state index in [0.29, 0.717) is 16.9 Å². The zero-order valence-corrected chi connectivity index (χ0v) is 19.6. The number of para-hydroxylation sites is 1. The Kier molecular flexibility index (Phi) is 5.33. The number of aliphatic hydroxyl groups is 1. The smallest absolute Gasteiger partial charge is 0.257 e. The molecular weight excluding hydrogens is 487 g/mol. The molecule has 5 rings (SSSR count). The van der Waals surface area contributed by atoms with Crippen molar-refractivity contribution in [1.82, 2.24) is 9.96 Å². The van der Waals surface area contributed by atoms with Crippen molar-refractivity contribution in [2.45, 2.75) is 28.5 Å². The predicted molar refractivity (Wildman–Crippen MR) is 118 cm³/mol. The number of nitrogens with zero attached hydrogens (tertiary/aromatic N) is 2. The van der Waals surface area contributed by atoms with Crippen LogP contribution in [0.15, 0.2) is 35.9 Å². The monoisotopic (exact) mass is 508 g/mol. The number of fused-ring (bicyclic) bond motifs is 4. The van der Waals surface area contributed by atoms with Crippen molar-refractivity contribution in [2.24, 2.45) is 17.8 Å². The summed E-state index contributed by atoms with van der Waals surface area (Å²) in [6.07, 6.45) is 1.78. The molecule has 34 heavy (non-hydrogen) atoms. The standard InChI is InChI=1S/C23H22Cl2N2O7/c1-26-20(31)22(24)10-14-11(6-7-13-16(14)19(30)27(33)18(13)29)17(23(22,25)21(26)32)12-4-2-3-5-15(12)34-9-8-28/h2-6,13-14,16-17,28,33H,7-10H2,1H3/t13-,14+,16-,17+,22+,23-/m0/s1. The Bertz CT molecular complexity index is 1160. The topological polar surface area (TPSA) is 124 Å². The second kappa shape index (κ2) is 7.78. The number of rotatable bonds is 4. The summed E-state index contributed by atoms with van der Waals surface area (Å²) in [7, 11) is 1.31. The molecule has 2 saturated heterocycles. The second-order valence-electron chi connectivity index (χ2n) is 9.10. The lowest BCUT2D eigenvalue weighted by atomic mass is 9.56. The van der Waals surface area contributed by atoms with Gasteiger partial charge in [0.2, 0.25) is 0 Å². The highest BCUT2D eigenvalue weighted by molar-refractivity contribution is 6.53. The van der Waals surface area contributed by atoms with Gasteiger partial charge in [-0.2, -0.15) is 5.06 Å². The average molecular weight is 509 g/mol. The van der Waals surface area contributed by atoms with E-state index in [4.69, 9.17) is 27.9 Å². The van der Waals surface area contributed by atoms with E-state index in [-0.39, 0.29) is 31.1 Å². The fraction of sp³-hybridized carbons (Fsp3) is 0.478. The van der Waals surface area contributed by atoms with Gasteiger partial charge in [0, 0.05) is 18.5 Å². The highest BCUT2D eigenvalue weighted by Crippen LogP contribution is 2.65. The zero-order valence-electron chi connectivity index (χ0n) is 18.1. The van der Waals surface area contributed by atoms with E-state index in [1.54, 1.807) is 30.3 Å². The van der Waals surface area contributed by atoms with Crippen molar-refractivity contribution >= 4 is 46.8 Å². The van der Waals surface area contributed by atoms with Crippen LogP contribution in [0.2, 0.25) is 0 Å². The van der Waals surface area contributed by atoms with E-state index in [1.807, 2.05) is 0 Å². The SMILES string of the molecule is CN1C(=O)[C@]2(Cl)C[C@@H]3C(=CC[C@@H]4C(=O)N(O)C(=O)[C@@H]43)[C@H](c3ccccc3OCCO)[C@]2(Cl)C1=O. The van der Waals surface area contributed by atoms with E-state index in [1.165, 1.54) is 7.05 Å². The number of carbonyl (C=O) groups is 4. The molecular formula is C23H22Cl2N2O7. The van der Waals surface area contributed by atoms with E-state index < -0.39 is 57.0 Å². The maximum Gasteiger partial charge on any atom is 0.257 e. The number of hydrogen-bond acceptors (Lipinski definition) is 7. The fourth-order valence-electron chi connectivity index (χ4n) is 6.08. The molecule has 6 atom stereocenters. The average Bonchev–Trinajstić information content (AvgIpc) is 3.13. The number of allylic oxidation sites excluding steroid dienone is 2. The minimum Gasteiger partial charge on any atom is -0.491 e. The number of amides is 4. The number of hydroxylamine groups is 2. The lowest BCUT2D eigenvalue weighted by Crippen LogP contribution is -2.60. The molecule has 2 heterocycles. The lowest BCUT2D eigenvalue weighted by molar-refractivity contribution is -0.173. The Balaban J connectivity index is 1.74. The van der Waals surface area contributed by atoms with E-state index in [9.17, 15) is 29.5 Å². The van der Waals surface area contributed by atoms with Crippen molar-refractivity contribution in [2.75, 3.05) is 20.3 Å². The molecule has 1 aromatic carbocycles. The Morgan fingerprint density at radius 3 is 2.50 bits per heavy atom. The van der Waals surface area contributed by atoms with Gasteiger partial charge in [-0.15, -0.1) is 23.2 Å². The summed E-state index contributed by atoms with van der Waals surface area (Å²) in [5.74, 6) is -5.88. The molecule has 2 N–H and O–H groups in total. The van der Waals surface area contributed by atoms with Crippen LogP contribution in [-0.4, -0.2) is 73.9 Å². The van der Waals surface area contributed by atoms with Gasteiger partial charge in [0.25, 0.3) is 23.6 Å². The third-order valence-electron chi connectivity index (χ3n) is 7.57. The van der Waals surface area contributed by atoms with Crippen molar-refractivity contribution in [3.63, 3.8) is 0 Å². The summed E-state index contributed by atoms with van der Waals surface area (Å²) < 4.78 is 5.72. The Morgan fingerprint density at radius 2 is 1.79 bits per heavy atom. The Morgan fingerprint density at radius 1 is 1.09 bits per heavy atom. The van der Waals surface area contributed by atoms with Crippen LogP contribution in [-0.2, 0) is 19.2 Å². The van der Waals surface area contributed by atoms with Gasteiger partial charge in [-0.1, -0.05) is 29.8 Å². The normalized spacial score (nSPS) is 36.9. The molecule has 2 aliphatic heterocycles. The van der Waals surface area contributed by atoms with Gasteiger partial charge in [0.1, 0.15) is 12.4 Å². The summed E-state index contributed by atoms with van der Waals surface area (Å²) in [6.45, 7) is -0.264. The molecule has 4 amide bonds. The molecule has 0 radical (unpaired) electrons. The van der Waals surface area contributed by atoms with E-state index >= 15 is 0 Å². The van der Waals surface area contributed by atoms with Gasteiger partial charge in [-0.25, -0.2) is 0 Å². The minimum atomic E-state index is -1.92. The Hall–Kier alpha value is -2.46. The number of aliphatic hydroxyl groups excluding tert-OH is 1. The maximum atomic E-state index is 13.5. The number of benzene rings is 1. The summed E-state index contributed by atoms with van der Waals surface area (Å²) >= 11 is 14.1. The summed E-state index contributed by atoms with van der Waals surface area (Å²) in [5, 5.41) is 19.4. The highest BCUT2D eigenvalue weighted by atomic mass is 35.5. The van der Waals surface area contributed by atoms with Crippen LogP contribution in [0.25, 0.3) is 0 Å². The number of likely N-dealkylation sites (tertiary alicyclic amines) is 1. The molecule has 1 saturated carbocycles. The number of hydrogen-bond donors (Lipinski definition) is 2. The fourth-order valence-corrected chi connectivity index (χ4v) is 7.09. The summed E-state index contributed by atoms with van der Waals surface area (Å²) in [6, 6.07) is 6.79. The largest absolute Gasteiger partial charge is 0.491 e.